The summed E-state index contributed by atoms with van der Waals surface area (Å²) in [7, 11) is -3.39. The SMILES string of the molecule is Cc1cc(C)nc(SCCS(N)(=O)=O)n1. The van der Waals surface area contributed by atoms with Gasteiger partial charge in [0.2, 0.25) is 10.0 Å². The normalized spacial score (nSPS) is 11.7. The summed E-state index contributed by atoms with van der Waals surface area (Å²) in [6.07, 6.45) is 0. The van der Waals surface area contributed by atoms with E-state index >= 15 is 0 Å². The van der Waals surface area contributed by atoms with Gasteiger partial charge >= 0.3 is 0 Å². The summed E-state index contributed by atoms with van der Waals surface area (Å²) in [6.45, 7) is 3.75. The van der Waals surface area contributed by atoms with Crippen LogP contribution in [0, 0.1) is 13.8 Å². The first-order chi connectivity index (χ1) is 6.87. The second kappa shape index (κ2) is 4.91. The first-order valence-corrected chi connectivity index (χ1v) is 7.02. The lowest BCUT2D eigenvalue weighted by molar-refractivity contribution is 0.599. The van der Waals surface area contributed by atoms with E-state index in [2.05, 4.69) is 9.97 Å². The molecule has 84 valence electrons. The van der Waals surface area contributed by atoms with Crippen molar-refractivity contribution in [3.63, 3.8) is 0 Å². The van der Waals surface area contributed by atoms with E-state index in [1.807, 2.05) is 19.9 Å². The van der Waals surface area contributed by atoms with Crippen LogP contribution in [-0.2, 0) is 10.0 Å². The Morgan fingerprint density at radius 1 is 1.33 bits per heavy atom. The Morgan fingerprint density at radius 3 is 2.33 bits per heavy atom. The maximum absolute atomic E-state index is 10.7. The molecular formula is C8H13N3O2S2. The Balaban J connectivity index is 2.58. The Morgan fingerprint density at radius 2 is 1.87 bits per heavy atom. The van der Waals surface area contributed by atoms with Gasteiger partial charge in [-0.15, -0.1) is 0 Å². The number of sulfonamides is 1. The predicted octanol–water partition coefficient (Wildman–Crippen LogP) is 0.474. The van der Waals surface area contributed by atoms with E-state index in [0.29, 0.717) is 10.9 Å². The first-order valence-electron chi connectivity index (χ1n) is 4.32. The minimum absolute atomic E-state index is 0.0615. The van der Waals surface area contributed by atoms with Gasteiger partial charge in [-0.25, -0.2) is 23.5 Å². The van der Waals surface area contributed by atoms with Gasteiger partial charge in [0.1, 0.15) is 0 Å². The van der Waals surface area contributed by atoms with Crippen molar-refractivity contribution in [1.29, 1.82) is 0 Å². The maximum Gasteiger partial charge on any atom is 0.209 e. The number of primary sulfonamides is 1. The zero-order chi connectivity index (χ0) is 11.5. The fraction of sp³-hybridized carbons (Fsp3) is 0.500. The number of hydrogen-bond donors (Lipinski definition) is 1. The van der Waals surface area contributed by atoms with Gasteiger partial charge < -0.3 is 0 Å². The van der Waals surface area contributed by atoms with E-state index in [-0.39, 0.29) is 5.75 Å². The van der Waals surface area contributed by atoms with Crippen molar-refractivity contribution in [3.8, 4) is 0 Å². The molecule has 0 aromatic carbocycles. The van der Waals surface area contributed by atoms with Crippen LogP contribution >= 0.6 is 11.8 Å². The number of rotatable bonds is 4. The van der Waals surface area contributed by atoms with Crippen molar-refractivity contribution in [2.45, 2.75) is 19.0 Å². The van der Waals surface area contributed by atoms with Crippen molar-refractivity contribution in [3.05, 3.63) is 17.5 Å². The largest absolute Gasteiger partial charge is 0.229 e. The molecule has 2 N–H and O–H groups in total. The summed E-state index contributed by atoms with van der Waals surface area (Å²) in [5.74, 6) is 0.315. The highest BCUT2D eigenvalue weighted by Crippen LogP contribution is 2.13. The first kappa shape index (κ1) is 12.4. The molecule has 1 aromatic rings. The molecule has 0 radical (unpaired) electrons. The van der Waals surface area contributed by atoms with Crippen LogP contribution in [0.4, 0.5) is 0 Å². The predicted molar refractivity (Wildman–Crippen MR) is 60.2 cm³/mol. The molecule has 0 fully saturated rings. The summed E-state index contributed by atoms with van der Waals surface area (Å²) < 4.78 is 21.4. The molecule has 0 aliphatic rings. The fourth-order valence-electron chi connectivity index (χ4n) is 1.01. The van der Waals surface area contributed by atoms with Gasteiger partial charge in [0.25, 0.3) is 0 Å². The van der Waals surface area contributed by atoms with Crippen LogP contribution in [0.25, 0.3) is 0 Å². The number of aromatic nitrogens is 2. The number of nitrogens with two attached hydrogens (primary N) is 1. The number of hydrogen-bond acceptors (Lipinski definition) is 5. The van der Waals surface area contributed by atoms with E-state index in [1.165, 1.54) is 11.8 Å². The third-order valence-corrected chi connectivity index (χ3v) is 3.44. The summed E-state index contributed by atoms with van der Waals surface area (Å²) in [4.78, 5) is 8.34. The molecule has 0 atom stereocenters. The van der Waals surface area contributed by atoms with E-state index in [4.69, 9.17) is 5.14 Å². The molecule has 0 spiro atoms. The molecule has 15 heavy (non-hydrogen) atoms. The van der Waals surface area contributed by atoms with Gasteiger partial charge in [-0.05, 0) is 19.9 Å². The Labute approximate surface area is 93.6 Å². The van der Waals surface area contributed by atoms with E-state index in [1.54, 1.807) is 0 Å². The Bertz CT molecular complexity index is 425. The molecule has 0 bridgehead atoms. The van der Waals surface area contributed by atoms with Crippen molar-refractivity contribution in [2.24, 2.45) is 5.14 Å². The molecule has 1 heterocycles. The molecule has 0 aliphatic heterocycles. The molecule has 7 heteroatoms. The van der Waals surface area contributed by atoms with Gasteiger partial charge in [-0.3, -0.25) is 0 Å². The second-order valence-electron chi connectivity index (χ2n) is 3.15. The lowest BCUT2D eigenvalue weighted by Crippen LogP contribution is -2.17. The lowest BCUT2D eigenvalue weighted by atomic mass is 10.4. The lowest BCUT2D eigenvalue weighted by Gasteiger charge is -2.01. The Kier molecular flexibility index (Phi) is 4.06. The van der Waals surface area contributed by atoms with Crippen LogP contribution in [0.3, 0.4) is 0 Å². The third-order valence-electron chi connectivity index (χ3n) is 1.56. The molecule has 1 aromatic heterocycles. The molecule has 0 amide bonds. The minimum atomic E-state index is -3.39. The van der Waals surface area contributed by atoms with Crippen LogP contribution in [-0.4, -0.2) is 29.9 Å². The molecule has 1 rings (SSSR count). The van der Waals surface area contributed by atoms with Gasteiger partial charge in [-0.2, -0.15) is 0 Å². The number of aryl methyl sites for hydroxylation is 2. The average Bonchev–Trinajstić information content (AvgIpc) is 1.99. The van der Waals surface area contributed by atoms with Crippen LogP contribution in [0.2, 0.25) is 0 Å². The molecule has 5 nitrogen and oxygen atoms in total. The monoisotopic (exact) mass is 247 g/mol. The minimum Gasteiger partial charge on any atom is -0.229 e. The summed E-state index contributed by atoms with van der Waals surface area (Å²) >= 11 is 1.29. The van der Waals surface area contributed by atoms with Crippen molar-refractivity contribution in [1.82, 2.24) is 9.97 Å². The summed E-state index contributed by atoms with van der Waals surface area (Å²) in [5, 5.41) is 5.47. The van der Waals surface area contributed by atoms with Gasteiger partial charge in [-0.1, -0.05) is 11.8 Å². The van der Waals surface area contributed by atoms with Crippen molar-refractivity contribution in [2.75, 3.05) is 11.5 Å². The highest BCUT2D eigenvalue weighted by Gasteiger charge is 2.05. The summed E-state index contributed by atoms with van der Waals surface area (Å²) in [6, 6.07) is 1.86. The number of nitrogens with zero attached hydrogens (tertiary/aromatic N) is 2. The number of thioether (sulfide) groups is 1. The third kappa shape index (κ3) is 5.10. The van der Waals surface area contributed by atoms with Gasteiger partial charge in [0, 0.05) is 17.1 Å². The zero-order valence-corrected chi connectivity index (χ0v) is 10.2. The standard InChI is InChI=1S/C8H13N3O2S2/c1-6-5-7(2)11-8(10-6)14-3-4-15(9,12)13/h5H,3-4H2,1-2H3,(H2,9,12,13). The van der Waals surface area contributed by atoms with E-state index in [0.717, 1.165) is 11.4 Å². The van der Waals surface area contributed by atoms with E-state index < -0.39 is 10.0 Å². The van der Waals surface area contributed by atoms with Crippen molar-refractivity contribution >= 4 is 21.8 Å². The highest BCUT2D eigenvalue weighted by molar-refractivity contribution is 8.00. The topological polar surface area (TPSA) is 85.9 Å². The molecule has 0 aliphatic carbocycles. The quantitative estimate of drug-likeness (QED) is 0.617. The van der Waals surface area contributed by atoms with Crippen LogP contribution in [0.1, 0.15) is 11.4 Å². The molecule has 0 saturated carbocycles. The van der Waals surface area contributed by atoms with Crippen molar-refractivity contribution < 1.29 is 8.42 Å². The van der Waals surface area contributed by atoms with Gasteiger partial charge in [0.05, 0.1) is 5.75 Å². The highest BCUT2D eigenvalue weighted by atomic mass is 32.2. The molecular weight excluding hydrogens is 234 g/mol. The zero-order valence-electron chi connectivity index (χ0n) is 8.60. The maximum atomic E-state index is 10.7. The second-order valence-corrected chi connectivity index (χ2v) is 5.94. The fourth-order valence-corrected chi connectivity index (χ4v) is 2.87. The van der Waals surface area contributed by atoms with Crippen LogP contribution in [0.15, 0.2) is 11.2 Å². The smallest absolute Gasteiger partial charge is 0.209 e. The van der Waals surface area contributed by atoms with E-state index in [9.17, 15) is 8.42 Å². The van der Waals surface area contributed by atoms with Crippen LogP contribution in [0.5, 0.6) is 0 Å². The van der Waals surface area contributed by atoms with Gasteiger partial charge in [0.15, 0.2) is 5.16 Å². The summed E-state index contributed by atoms with van der Waals surface area (Å²) in [5.41, 5.74) is 1.75. The molecule has 0 unspecified atom stereocenters. The Hall–Kier alpha value is -0.660. The molecule has 0 saturated heterocycles. The average molecular weight is 247 g/mol. The van der Waals surface area contributed by atoms with Crippen LogP contribution < -0.4 is 5.14 Å².